The van der Waals surface area contributed by atoms with Crippen molar-refractivity contribution in [2.45, 2.75) is 84.0 Å². The van der Waals surface area contributed by atoms with E-state index in [1.807, 2.05) is 36.4 Å². The van der Waals surface area contributed by atoms with Crippen LogP contribution in [0.2, 0.25) is 0 Å². The zero-order valence-electron chi connectivity index (χ0n) is 20.7. The fourth-order valence-electron chi connectivity index (χ4n) is 6.63. The third-order valence-electron chi connectivity index (χ3n) is 8.80. The molecule has 1 amide bonds. The molecule has 0 radical (unpaired) electrons. The molecule has 0 aliphatic heterocycles. The van der Waals surface area contributed by atoms with Crippen molar-refractivity contribution in [2.24, 2.45) is 23.2 Å². The van der Waals surface area contributed by atoms with Crippen LogP contribution >= 0.6 is 0 Å². The molecule has 0 saturated heterocycles. The predicted octanol–water partition coefficient (Wildman–Crippen LogP) is 7.07. The molecule has 3 fully saturated rings. The van der Waals surface area contributed by atoms with E-state index in [0.717, 1.165) is 47.1 Å². The summed E-state index contributed by atoms with van der Waals surface area (Å²) >= 11 is 0. The average molecular weight is 461 g/mol. The molecule has 5 rings (SSSR count). The minimum atomic E-state index is -0.0664. The molecule has 1 spiro atoms. The summed E-state index contributed by atoms with van der Waals surface area (Å²) in [6.07, 6.45) is 17.6. The highest BCUT2D eigenvalue weighted by molar-refractivity contribution is 5.88. The molecule has 3 saturated carbocycles. The highest BCUT2D eigenvalue weighted by Gasteiger charge is 2.54. The van der Waals surface area contributed by atoms with Crippen LogP contribution < -0.4 is 10.6 Å². The number of carbonyl (C=O) groups excluding carboxylic acids is 1. The van der Waals surface area contributed by atoms with Gasteiger partial charge in [0.15, 0.2) is 0 Å². The largest absolute Gasteiger partial charge is 0.368 e. The van der Waals surface area contributed by atoms with E-state index in [0.29, 0.717) is 5.41 Å². The van der Waals surface area contributed by atoms with Crippen LogP contribution in [0.3, 0.4) is 0 Å². The van der Waals surface area contributed by atoms with E-state index in [9.17, 15) is 4.79 Å². The first-order valence-electron chi connectivity index (χ1n) is 13.6. The van der Waals surface area contributed by atoms with Crippen molar-refractivity contribution in [3.05, 3.63) is 36.4 Å². The zero-order valence-corrected chi connectivity index (χ0v) is 20.7. The van der Waals surface area contributed by atoms with Gasteiger partial charge in [-0.05, 0) is 86.0 Å². The van der Waals surface area contributed by atoms with Gasteiger partial charge in [-0.1, -0.05) is 50.7 Å². The Hall–Kier alpha value is -2.43. The number of hydrogen-bond acceptors (Lipinski definition) is 4. The molecule has 5 heteroatoms. The molecule has 34 heavy (non-hydrogen) atoms. The highest BCUT2D eigenvalue weighted by Crippen LogP contribution is 2.62. The third-order valence-corrected chi connectivity index (χ3v) is 8.80. The Morgan fingerprint density at radius 3 is 2.26 bits per heavy atom. The lowest BCUT2D eigenvalue weighted by molar-refractivity contribution is -0.114. The summed E-state index contributed by atoms with van der Waals surface area (Å²) < 4.78 is 0. The standard InChI is InChI=1S/C29H40N4O/c1-21(34)31-26-10-8-24(9-11-26)27-12-13-28(33-32-27)30-20-25-19-29(25)16-14-23(15-17-29)18-22-6-4-2-3-5-7-22/h8-13,22-23,25H,2-7,14-20H2,1H3,(H,30,33)(H,31,34)/t23?,25-,29?/m0/s1. The molecule has 182 valence electrons. The Balaban J connectivity index is 1.06. The molecule has 2 N–H and O–H groups in total. The Labute approximate surface area is 204 Å². The minimum Gasteiger partial charge on any atom is -0.368 e. The summed E-state index contributed by atoms with van der Waals surface area (Å²) in [5.41, 5.74) is 3.25. The number of anilines is 2. The van der Waals surface area contributed by atoms with E-state index in [1.165, 1.54) is 84.0 Å². The van der Waals surface area contributed by atoms with Crippen LogP contribution in [0.25, 0.3) is 11.3 Å². The summed E-state index contributed by atoms with van der Waals surface area (Å²) in [6, 6.07) is 11.8. The average Bonchev–Trinajstić information content (AvgIpc) is 3.59. The second kappa shape index (κ2) is 10.5. The van der Waals surface area contributed by atoms with Gasteiger partial charge >= 0.3 is 0 Å². The maximum absolute atomic E-state index is 11.2. The Morgan fingerprint density at radius 1 is 0.912 bits per heavy atom. The van der Waals surface area contributed by atoms with Gasteiger partial charge in [0, 0.05) is 24.7 Å². The van der Waals surface area contributed by atoms with Gasteiger partial charge in [0.25, 0.3) is 0 Å². The number of aromatic nitrogens is 2. The molecule has 1 aromatic carbocycles. The van der Waals surface area contributed by atoms with E-state index in [-0.39, 0.29) is 5.91 Å². The molecule has 3 aliphatic rings. The van der Waals surface area contributed by atoms with Crippen molar-refractivity contribution < 1.29 is 4.79 Å². The number of nitrogens with one attached hydrogen (secondary N) is 2. The number of amides is 1. The maximum Gasteiger partial charge on any atom is 0.221 e. The number of carbonyl (C=O) groups is 1. The van der Waals surface area contributed by atoms with E-state index >= 15 is 0 Å². The van der Waals surface area contributed by atoms with Crippen LogP contribution in [0.1, 0.15) is 84.0 Å². The van der Waals surface area contributed by atoms with Crippen molar-refractivity contribution in [3.8, 4) is 11.3 Å². The van der Waals surface area contributed by atoms with Crippen molar-refractivity contribution in [3.63, 3.8) is 0 Å². The van der Waals surface area contributed by atoms with Crippen LogP contribution in [-0.4, -0.2) is 22.6 Å². The SMILES string of the molecule is CC(=O)Nc1ccc(-c2ccc(NC[C@@H]3CC34CCC(CC3CCCCCC3)CC4)nn2)cc1. The van der Waals surface area contributed by atoms with Crippen LogP contribution in [0.4, 0.5) is 11.5 Å². The first-order valence-corrected chi connectivity index (χ1v) is 13.6. The first-order chi connectivity index (χ1) is 16.6. The van der Waals surface area contributed by atoms with E-state index in [1.54, 1.807) is 0 Å². The number of benzene rings is 1. The predicted molar refractivity (Wildman–Crippen MR) is 139 cm³/mol. The number of nitrogens with zero attached hydrogens (tertiary/aromatic N) is 2. The molecular weight excluding hydrogens is 420 g/mol. The highest BCUT2D eigenvalue weighted by atomic mass is 16.1. The fraction of sp³-hybridized carbons (Fsp3) is 0.621. The number of rotatable bonds is 7. The van der Waals surface area contributed by atoms with Gasteiger partial charge in [0.2, 0.25) is 5.91 Å². The van der Waals surface area contributed by atoms with Gasteiger partial charge in [-0.3, -0.25) is 4.79 Å². The summed E-state index contributed by atoms with van der Waals surface area (Å²) in [6.45, 7) is 2.53. The fourth-order valence-corrected chi connectivity index (χ4v) is 6.63. The minimum absolute atomic E-state index is 0.0664. The monoisotopic (exact) mass is 460 g/mol. The van der Waals surface area contributed by atoms with E-state index < -0.39 is 0 Å². The maximum atomic E-state index is 11.2. The summed E-state index contributed by atoms with van der Waals surface area (Å²) in [4.78, 5) is 11.2. The van der Waals surface area contributed by atoms with Crippen molar-refractivity contribution >= 4 is 17.4 Å². The van der Waals surface area contributed by atoms with Crippen molar-refractivity contribution in [2.75, 3.05) is 17.2 Å². The Bertz CT molecular complexity index is 939. The molecule has 0 bridgehead atoms. The van der Waals surface area contributed by atoms with E-state index in [4.69, 9.17) is 0 Å². The van der Waals surface area contributed by atoms with Crippen LogP contribution in [-0.2, 0) is 4.79 Å². The van der Waals surface area contributed by atoms with Crippen LogP contribution in [0, 0.1) is 23.2 Å². The second-order valence-electron chi connectivity index (χ2n) is 11.2. The Morgan fingerprint density at radius 2 is 1.62 bits per heavy atom. The van der Waals surface area contributed by atoms with Gasteiger partial charge < -0.3 is 10.6 Å². The lowest BCUT2D eigenvalue weighted by Crippen LogP contribution is -2.21. The lowest BCUT2D eigenvalue weighted by Gasteiger charge is -2.32. The first kappa shape index (κ1) is 23.3. The smallest absolute Gasteiger partial charge is 0.221 e. The van der Waals surface area contributed by atoms with Crippen LogP contribution in [0.5, 0.6) is 0 Å². The quantitative estimate of drug-likeness (QED) is 0.434. The van der Waals surface area contributed by atoms with Gasteiger partial charge in [-0.2, -0.15) is 0 Å². The van der Waals surface area contributed by atoms with E-state index in [2.05, 4.69) is 20.8 Å². The number of hydrogen-bond donors (Lipinski definition) is 2. The molecular formula is C29H40N4O. The topological polar surface area (TPSA) is 66.9 Å². The van der Waals surface area contributed by atoms with Gasteiger partial charge in [-0.25, -0.2) is 0 Å². The van der Waals surface area contributed by atoms with Crippen molar-refractivity contribution in [1.29, 1.82) is 0 Å². The molecule has 1 heterocycles. The summed E-state index contributed by atoms with van der Waals surface area (Å²) in [7, 11) is 0. The van der Waals surface area contributed by atoms with Gasteiger partial charge in [0.05, 0.1) is 5.69 Å². The molecule has 1 aromatic heterocycles. The zero-order chi connectivity index (χ0) is 23.4. The molecule has 0 unspecified atom stereocenters. The molecule has 1 atom stereocenters. The van der Waals surface area contributed by atoms with Gasteiger partial charge in [-0.15, -0.1) is 10.2 Å². The summed E-state index contributed by atoms with van der Waals surface area (Å²) in [5, 5.41) is 15.2. The van der Waals surface area contributed by atoms with Crippen molar-refractivity contribution in [1.82, 2.24) is 10.2 Å². The molecule has 5 nitrogen and oxygen atoms in total. The second-order valence-corrected chi connectivity index (χ2v) is 11.2. The molecule has 3 aliphatic carbocycles. The Kier molecular flexibility index (Phi) is 7.17. The third kappa shape index (κ3) is 5.79. The normalized spacial score (nSPS) is 27.2. The lowest BCUT2D eigenvalue weighted by atomic mass is 9.74. The van der Waals surface area contributed by atoms with Gasteiger partial charge in [0.1, 0.15) is 5.82 Å². The molecule has 2 aromatic rings. The summed E-state index contributed by atoms with van der Waals surface area (Å²) in [5.74, 6) is 3.61. The van der Waals surface area contributed by atoms with Crippen LogP contribution in [0.15, 0.2) is 36.4 Å².